The van der Waals surface area contributed by atoms with Crippen LogP contribution in [0.3, 0.4) is 0 Å². The van der Waals surface area contributed by atoms with E-state index in [1.165, 1.54) is 11.1 Å². The van der Waals surface area contributed by atoms with Crippen molar-refractivity contribution in [3.05, 3.63) is 96.2 Å². The van der Waals surface area contributed by atoms with E-state index in [9.17, 15) is 4.79 Å². The van der Waals surface area contributed by atoms with Crippen LogP contribution >= 0.6 is 11.8 Å². The van der Waals surface area contributed by atoms with E-state index in [0.29, 0.717) is 18.9 Å². The van der Waals surface area contributed by atoms with Gasteiger partial charge in [-0.15, -0.1) is 0 Å². The number of aromatic nitrogens is 2. The lowest BCUT2D eigenvalue weighted by atomic mass is 10.2. The highest BCUT2D eigenvalue weighted by Gasteiger charge is 2.06. The zero-order valence-corrected chi connectivity index (χ0v) is 20.0. The lowest BCUT2D eigenvalue weighted by Gasteiger charge is -2.09. The van der Waals surface area contributed by atoms with Crippen LogP contribution in [0.4, 0.5) is 23.0 Å². The van der Waals surface area contributed by atoms with Gasteiger partial charge in [0.05, 0.1) is 0 Å². The zero-order valence-electron chi connectivity index (χ0n) is 19.2. The summed E-state index contributed by atoms with van der Waals surface area (Å²) in [6.45, 7) is 4.68. The number of hydrogen-bond donors (Lipinski definition) is 3. The summed E-state index contributed by atoms with van der Waals surface area (Å²) in [5, 5.41) is 10.3. The Hall–Kier alpha value is -3.84. The van der Waals surface area contributed by atoms with Gasteiger partial charge in [0.15, 0.2) is 0 Å². The number of nitrogens with one attached hydrogen (secondary N) is 3. The number of nitrogens with zero attached hydrogens (tertiary/aromatic N) is 2. The molecular weight excluding hydrogens is 442 g/mol. The number of carbonyl (C=O) groups excluding carboxylic acids is 1. The molecule has 0 atom stereocenters. The molecule has 0 radical (unpaired) electrons. The first kappa shape index (κ1) is 23.3. The first-order valence-corrected chi connectivity index (χ1v) is 11.9. The topological polar surface area (TPSA) is 78.9 Å². The first-order valence-electron chi connectivity index (χ1n) is 11.1. The fourth-order valence-electron chi connectivity index (χ4n) is 3.34. The molecule has 1 heterocycles. The average molecular weight is 470 g/mol. The number of benzene rings is 3. The van der Waals surface area contributed by atoms with Crippen LogP contribution in [0.25, 0.3) is 0 Å². The summed E-state index contributed by atoms with van der Waals surface area (Å²) in [7, 11) is 0. The van der Waals surface area contributed by atoms with Gasteiger partial charge >= 0.3 is 0 Å². The first-order chi connectivity index (χ1) is 16.5. The van der Waals surface area contributed by atoms with E-state index in [4.69, 9.17) is 0 Å². The normalized spacial score (nSPS) is 10.5. The Morgan fingerprint density at radius 3 is 2.29 bits per heavy atom. The SMILES string of the molecule is Cc1cccc(NCCC(=O)Nc2ccc(Sc3ccnc(Nc4cccc(C)c4)n3)cc2)c1. The molecule has 0 aliphatic heterocycles. The van der Waals surface area contributed by atoms with Gasteiger partial charge in [-0.2, -0.15) is 0 Å². The summed E-state index contributed by atoms with van der Waals surface area (Å²) >= 11 is 1.54. The van der Waals surface area contributed by atoms with Gasteiger partial charge in [-0.05, 0) is 79.6 Å². The molecule has 0 saturated heterocycles. The van der Waals surface area contributed by atoms with E-state index < -0.39 is 0 Å². The second-order valence-electron chi connectivity index (χ2n) is 7.93. The standard InChI is InChI=1S/C27H27N5OS/c1-19-5-3-7-22(17-19)28-15-13-25(33)30-21-9-11-24(12-10-21)34-26-14-16-29-27(32-26)31-23-8-4-6-20(2)18-23/h3-12,14,16-18,28H,13,15H2,1-2H3,(H,30,33)(H,29,31,32). The number of hydrogen-bond acceptors (Lipinski definition) is 6. The Labute approximate surface area is 204 Å². The van der Waals surface area contributed by atoms with Crippen LogP contribution in [0, 0.1) is 13.8 Å². The highest BCUT2D eigenvalue weighted by Crippen LogP contribution is 2.28. The average Bonchev–Trinajstić information content (AvgIpc) is 2.81. The third-order valence-corrected chi connectivity index (χ3v) is 5.91. The molecular formula is C27H27N5OS. The van der Waals surface area contributed by atoms with Gasteiger partial charge in [-0.3, -0.25) is 4.79 Å². The van der Waals surface area contributed by atoms with Crippen molar-refractivity contribution in [1.82, 2.24) is 9.97 Å². The molecule has 3 N–H and O–H groups in total. The number of rotatable bonds is 9. The Morgan fingerprint density at radius 2 is 1.56 bits per heavy atom. The minimum atomic E-state index is -0.0248. The van der Waals surface area contributed by atoms with Crippen molar-refractivity contribution in [2.24, 2.45) is 0 Å². The molecule has 0 saturated carbocycles. The summed E-state index contributed by atoms with van der Waals surface area (Å²) in [5.41, 5.74) is 5.11. The van der Waals surface area contributed by atoms with Gasteiger partial charge in [0.2, 0.25) is 11.9 Å². The van der Waals surface area contributed by atoms with Crippen LogP contribution in [0.15, 0.2) is 95.0 Å². The second-order valence-corrected chi connectivity index (χ2v) is 9.03. The largest absolute Gasteiger partial charge is 0.385 e. The molecule has 0 fully saturated rings. The number of aryl methyl sites for hydroxylation is 2. The highest BCUT2D eigenvalue weighted by atomic mass is 32.2. The molecule has 4 aromatic rings. The Bertz CT molecular complexity index is 1260. The molecule has 172 valence electrons. The van der Waals surface area contributed by atoms with Gasteiger partial charge in [-0.1, -0.05) is 36.0 Å². The van der Waals surface area contributed by atoms with Gasteiger partial charge in [-0.25, -0.2) is 9.97 Å². The highest BCUT2D eigenvalue weighted by molar-refractivity contribution is 7.99. The van der Waals surface area contributed by atoms with Gasteiger partial charge in [0.25, 0.3) is 0 Å². The van der Waals surface area contributed by atoms with Crippen LogP contribution in [-0.4, -0.2) is 22.4 Å². The van der Waals surface area contributed by atoms with E-state index in [1.54, 1.807) is 18.0 Å². The van der Waals surface area contributed by atoms with Crippen molar-refractivity contribution < 1.29 is 4.79 Å². The van der Waals surface area contributed by atoms with E-state index in [0.717, 1.165) is 27.0 Å². The molecule has 4 rings (SSSR count). The van der Waals surface area contributed by atoms with Crippen LogP contribution in [0.5, 0.6) is 0 Å². The second kappa shape index (κ2) is 11.3. The molecule has 7 heteroatoms. The van der Waals surface area contributed by atoms with Crippen LogP contribution in [0.2, 0.25) is 0 Å². The van der Waals surface area contributed by atoms with Crippen molar-refractivity contribution in [2.45, 2.75) is 30.2 Å². The molecule has 0 aliphatic carbocycles. The molecule has 0 unspecified atom stereocenters. The maximum atomic E-state index is 12.3. The maximum Gasteiger partial charge on any atom is 0.228 e. The Kier molecular flexibility index (Phi) is 7.78. The van der Waals surface area contributed by atoms with Crippen molar-refractivity contribution in [3.8, 4) is 0 Å². The predicted molar refractivity (Wildman–Crippen MR) is 140 cm³/mol. The molecule has 1 aromatic heterocycles. The summed E-state index contributed by atoms with van der Waals surface area (Å²) < 4.78 is 0. The summed E-state index contributed by atoms with van der Waals surface area (Å²) in [6.07, 6.45) is 2.13. The molecule has 6 nitrogen and oxygen atoms in total. The van der Waals surface area contributed by atoms with E-state index in [-0.39, 0.29) is 5.91 Å². The van der Waals surface area contributed by atoms with E-state index in [1.807, 2.05) is 80.6 Å². The van der Waals surface area contributed by atoms with E-state index in [2.05, 4.69) is 38.1 Å². The molecule has 3 aromatic carbocycles. The third-order valence-electron chi connectivity index (χ3n) is 4.96. The maximum absolute atomic E-state index is 12.3. The molecule has 34 heavy (non-hydrogen) atoms. The molecule has 0 spiro atoms. The quantitative estimate of drug-likeness (QED) is 0.245. The van der Waals surface area contributed by atoms with Crippen molar-refractivity contribution in [2.75, 3.05) is 22.5 Å². The monoisotopic (exact) mass is 469 g/mol. The van der Waals surface area contributed by atoms with Gasteiger partial charge in [0, 0.05) is 41.1 Å². The molecule has 1 amide bonds. The third kappa shape index (κ3) is 7.08. The molecule has 0 aliphatic rings. The molecule has 0 bridgehead atoms. The lowest BCUT2D eigenvalue weighted by molar-refractivity contribution is -0.115. The lowest BCUT2D eigenvalue weighted by Crippen LogP contribution is -2.16. The summed E-state index contributed by atoms with van der Waals surface area (Å²) in [5.74, 6) is 0.530. The number of anilines is 4. The predicted octanol–water partition coefficient (Wildman–Crippen LogP) is 6.43. The number of carbonyl (C=O) groups is 1. The van der Waals surface area contributed by atoms with Gasteiger partial charge in [0.1, 0.15) is 5.03 Å². The summed E-state index contributed by atoms with van der Waals surface area (Å²) in [4.78, 5) is 22.2. The van der Waals surface area contributed by atoms with Crippen molar-refractivity contribution in [3.63, 3.8) is 0 Å². The van der Waals surface area contributed by atoms with Gasteiger partial charge < -0.3 is 16.0 Å². The van der Waals surface area contributed by atoms with Crippen molar-refractivity contribution in [1.29, 1.82) is 0 Å². The fraction of sp³-hybridized carbons (Fsp3) is 0.148. The smallest absolute Gasteiger partial charge is 0.228 e. The Balaban J connectivity index is 1.27. The minimum absolute atomic E-state index is 0.0248. The van der Waals surface area contributed by atoms with Crippen LogP contribution in [-0.2, 0) is 4.79 Å². The van der Waals surface area contributed by atoms with E-state index >= 15 is 0 Å². The van der Waals surface area contributed by atoms with Crippen LogP contribution < -0.4 is 16.0 Å². The Morgan fingerprint density at radius 1 is 0.853 bits per heavy atom. The minimum Gasteiger partial charge on any atom is -0.385 e. The zero-order chi connectivity index (χ0) is 23.8. The van der Waals surface area contributed by atoms with Crippen molar-refractivity contribution >= 4 is 40.7 Å². The van der Waals surface area contributed by atoms with Crippen LogP contribution in [0.1, 0.15) is 17.5 Å². The number of amides is 1. The fourth-order valence-corrected chi connectivity index (χ4v) is 4.11. The summed E-state index contributed by atoms with van der Waals surface area (Å²) in [6, 6.07) is 25.8.